The zero-order valence-electron chi connectivity index (χ0n) is 13.8. The molecule has 0 saturated carbocycles. The largest absolute Gasteiger partial charge is 0.491 e. The summed E-state index contributed by atoms with van der Waals surface area (Å²) in [5, 5.41) is 5.96. The van der Waals surface area contributed by atoms with Crippen molar-refractivity contribution in [2.45, 2.75) is 31.7 Å². The molecule has 0 spiro atoms. The van der Waals surface area contributed by atoms with E-state index in [1.807, 2.05) is 0 Å². The molecular weight excluding hydrogens is 351 g/mol. The van der Waals surface area contributed by atoms with Crippen molar-refractivity contribution in [2.24, 2.45) is 0 Å². The molecular formula is C17H18F3N3O3. The summed E-state index contributed by atoms with van der Waals surface area (Å²) >= 11 is 0. The number of carbonyl (C=O) groups excluding carboxylic acids is 1. The summed E-state index contributed by atoms with van der Waals surface area (Å²) in [6, 6.07) is 7.62. The molecule has 1 aliphatic heterocycles. The Kier molecular flexibility index (Phi) is 5.46. The molecule has 0 bridgehead atoms. The van der Waals surface area contributed by atoms with Crippen LogP contribution in [-0.4, -0.2) is 35.0 Å². The van der Waals surface area contributed by atoms with Gasteiger partial charge in [-0.05, 0) is 31.0 Å². The molecule has 1 N–H and O–H groups in total. The van der Waals surface area contributed by atoms with E-state index in [2.05, 4.69) is 10.4 Å². The highest BCUT2D eigenvalue weighted by molar-refractivity contribution is 5.90. The van der Waals surface area contributed by atoms with Crippen LogP contribution in [0.4, 0.5) is 18.9 Å². The molecule has 0 aliphatic carbocycles. The first-order valence-corrected chi connectivity index (χ1v) is 8.15. The molecule has 140 valence electrons. The maximum absolute atomic E-state index is 12.5. The van der Waals surface area contributed by atoms with E-state index in [-0.39, 0.29) is 12.6 Å². The highest BCUT2D eigenvalue weighted by atomic mass is 19.4. The summed E-state index contributed by atoms with van der Waals surface area (Å²) in [5.41, 5.74) is -0.544. The highest BCUT2D eigenvalue weighted by Crippen LogP contribution is 2.27. The zero-order chi connectivity index (χ0) is 18.6. The molecule has 1 amide bonds. The van der Waals surface area contributed by atoms with Gasteiger partial charge in [-0.25, -0.2) is 0 Å². The number of carbonyl (C=O) groups is 1. The molecule has 2 aromatic rings. The average Bonchev–Trinajstić information content (AvgIpc) is 3.24. The molecule has 1 fully saturated rings. The van der Waals surface area contributed by atoms with E-state index in [0.29, 0.717) is 18.0 Å². The summed E-state index contributed by atoms with van der Waals surface area (Å²) < 4.78 is 49.6. The Morgan fingerprint density at radius 3 is 2.92 bits per heavy atom. The van der Waals surface area contributed by atoms with Crippen molar-refractivity contribution in [3.05, 3.63) is 42.2 Å². The second kappa shape index (κ2) is 7.77. The Morgan fingerprint density at radius 2 is 2.23 bits per heavy atom. The molecule has 9 heteroatoms. The van der Waals surface area contributed by atoms with Gasteiger partial charge in [0, 0.05) is 24.6 Å². The van der Waals surface area contributed by atoms with E-state index in [0.717, 1.165) is 36.4 Å². The molecule has 1 aromatic heterocycles. The Balaban J connectivity index is 1.53. The number of nitrogens with zero attached hydrogens (tertiary/aromatic N) is 2. The monoisotopic (exact) mass is 369 g/mol. The first-order chi connectivity index (χ1) is 12.4. The van der Waals surface area contributed by atoms with Crippen molar-refractivity contribution in [3.8, 4) is 5.75 Å². The van der Waals surface area contributed by atoms with E-state index in [4.69, 9.17) is 9.47 Å². The van der Waals surface area contributed by atoms with Gasteiger partial charge in [0.2, 0.25) is 5.91 Å². The van der Waals surface area contributed by atoms with Crippen molar-refractivity contribution in [2.75, 3.05) is 18.5 Å². The fraction of sp³-hybridized carbons (Fsp3) is 0.412. The van der Waals surface area contributed by atoms with E-state index >= 15 is 0 Å². The minimum Gasteiger partial charge on any atom is -0.491 e. The number of anilines is 1. The fourth-order valence-corrected chi connectivity index (χ4v) is 2.58. The van der Waals surface area contributed by atoms with Crippen molar-refractivity contribution in [1.82, 2.24) is 9.78 Å². The minimum atomic E-state index is -4.53. The van der Waals surface area contributed by atoms with Gasteiger partial charge in [0.05, 0.1) is 6.10 Å². The molecule has 6 nitrogen and oxygen atoms in total. The lowest BCUT2D eigenvalue weighted by Crippen LogP contribution is -2.20. The summed E-state index contributed by atoms with van der Waals surface area (Å²) in [5.74, 6) is 0.0925. The fourth-order valence-electron chi connectivity index (χ4n) is 2.58. The number of benzene rings is 1. The molecule has 1 aromatic carbocycles. The maximum Gasteiger partial charge on any atom is 0.435 e. The Bertz CT molecular complexity index is 755. The van der Waals surface area contributed by atoms with Crippen molar-refractivity contribution < 1.29 is 27.4 Å². The molecule has 1 unspecified atom stereocenters. The predicted molar refractivity (Wildman–Crippen MR) is 86.8 cm³/mol. The number of hydrogen-bond donors (Lipinski definition) is 1. The number of ether oxygens (including phenoxy) is 2. The highest BCUT2D eigenvalue weighted by Gasteiger charge is 2.33. The van der Waals surface area contributed by atoms with Gasteiger partial charge in [-0.2, -0.15) is 18.3 Å². The van der Waals surface area contributed by atoms with Crippen molar-refractivity contribution in [1.29, 1.82) is 0 Å². The van der Waals surface area contributed by atoms with Gasteiger partial charge >= 0.3 is 6.18 Å². The quantitative estimate of drug-likeness (QED) is 0.850. The zero-order valence-corrected chi connectivity index (χ0v) is 13.8. The van der Waals surface area contributed by atoms with Crippen LogP contribution in [-0.2, 0) is 22.3 Å². The van der Waals surface area contributed by atoms with E-state index in [9.17, 15) is 18.0 Å². The van der Waals surface area contributed by atoms with Gasteiger partial charge < -0.3 is 14.8 Å². The lowest BCUT2D eigenvalue weighted by atomic mass is 10.2. The number of hydrogen-bond acceptors (Lipinski definition) is 4. The number of nitrogens with one attached hydrogen (secondary N) is 1. The first-order valence-electron chi connectivity index (χ1n) is 8.15. The second-order valence-electron chi connectivity index (χ2n) is 5.92. The summed E-state index contributed by atoms with van der Waals surface area (Å²) in [4.78, 5) is 12.0. The van der Waals surface area contributed by atoms with Crippen LogP contribution in [0.5, 0.6) is 5.75 Å². The van der Waals surface area contributed by atoms with E-state index < -0.39 is 17.8 Å². The van der Waals surface area contributed by atoms with Crippen LogP contribution < -0.4 is 10.1 Å². The van der Waals surface area contributed by atoms with Gasteiger partial charge in [-0.15, -0.1) is 0 Å². The molecule has 3 rings (SSSR count). The van der Waals surface area contributed by atoms with Crippen LogP contribution >= 0.6 is 0 Å². The first kappa shape index (κ1) is 18.2. The topological polar surface area (TPSA) is 65.4 Å². The minimum absolute atomic E-state index is 0.0795. The second-order valence-corrected chi connectivity index (χ2v) is 5.92. The lowest BCUT2D eigenvalue weighted by molar-refractivity contribution is -0.141. The van der Waals surface area contributed by atoms with Crippen LogP contribution in [0.25, 0.3) is 0 Å². The number of alkyl halides is 3. The molecule has 1 atom stereocenters. The Hall–Kier alpha value is -2.55. The SMILES string of the molecule is O=C(Cn1ccc(C(F)(F)F)n1)Nc1cccc(OCC2CCCO2)c1. The molecule has 26 heavy (non-hydrogen) atoms. The van der Waals surface area contributed by atoms with E-state index in [1.165, 1.54) is 0 Å². The molecule has 2 heterocycles. The van der Waals surface area contributed by atoms with Gasteiger partial charge in [0.1, 0.15) is 18.9 Å². The van der Waals surface area contributed by atoms with Crippen LogP contribution in [0.15, 0.2) is 36.5 Å². The van der Waals surface area contributed by atoms with Crippen LogP contribution in [0.1, 0.15) is 18.5 Å². The summed E-state index contributed by atoms with van der Waals surface area (Å²) in [6.45, 7) is 0.857. The van der Waals surface area contributed by atoms with Gasteiger partial charge in [-0.1, -0.05) is 6.07 Å². The third kappa shape index (κ3) is 4.98. The standard InChI is InChI=1S/C17H18F3N3O3/c18-17(19,20)15-6-7-23(22-15)10-16(24)21-12-3-1-4-13(9-12)26-11-14-5-2-8-25-14/h1,3-4,6-7,9,14H,2,5,8,10-11H2,(H,21,24). The number of amides is 1. The van der Waals surface area contributed by atoms with Gasteiger partial charge in [0.15, 0.2) is 5.69 Å². The third-order valence-electron chi connectivity index (χ3n) is 3.81. The number of halogens is 3. The summed E-state index contributed by atoms with van der Waals surface area (Å²) in [7, 11) is 0. The van der Waals surface area contributed by atoms with Gasteiger partial charge in [0.25, 0.3) is 0 Å². The Labute approximate surface area is 147 Å². The number of rotatable bonds is 6. The van der Waals surface area contributed by atoms with Crippen molar-refractivity contribution >= 4 is 11.6 Å². The smallest absolute Gasteiger partial charge is 0.435 e. The normalized spacial score (nSPS) is 17.3. The maximum atomic E-state index is 12.5. The third-order valence-corrected chi connectivity index (χ3v) is 3.81. The van der Waals surface area contributed by atoms with Crippen LogP contribution in [0, 0.1) is 0 Å². The van der Waals surface area contributed by atoms with Crippen molar-refractivity contribution in [3.63, 3.8) is 0 Å². The lowest BCUT2D eigenvalue weighted by Gasteiger charge is -2.12. The predicted octanol–water partition coefficient (Wildman–Crippen LogP) is 3.10. The average molecular weight is 369 g/mol. The summed E-state index contributed by atoms with van der Waals surface area (Å²) in [6.07, 6.45) is -1.36. The molecule has 1 aliphatic rings. The Morgan fingerprint density at radius 1 is 1.38 bits per heavy atom. The van der Waals surface area contributed by atoms with Gasteiger partial charge in [-0.3, -0.25) is 9.48 Å². The van der Waals surface area contributed by atoms with Crippen LogP contribution in [0.3, 0.4) is 0 Å². The molecule has 1 saturated heterocycles. The van der Waals surface area contributed by atoms with E-state index in [1.54, 1.807) is 24.3 Å². The molecule has 0 radical (unpaired) electrons. The van der Waals surface area contributed by atoms with Crippen LogP contribution in [0.2, 0.25) is 0 Å². The number of aromatic nitrogens is 2.